The maximum atomic E-state index is 11.7. The number of ether oxygens (including phenoxy) is 1. The van der Waals surface area contributed by atoms with E-state index < -0.39 is 5.97 Å². The number of nitrogens with two attached hydrogens (primary N) is 1. The molecule has 0 aliphatic heterocycles. The van der Waals surface area contributed by atoms with Crippen LogP contribution in [0.25, 0.3) is 0 Å². The molecule has 0 saturated heterocycles. The molecule has 2 aromatic carbocycles. The number of anilines is 2. The Morgan fingerprint density at radius 2 is 2.00 bits per heavy atom. The maximum absolute atomic E-state index is 11.7. The molecule has 2 rings (SSSR count). The number of methoxy groups -OCH3 is 1. The third kappa shape index (κ3) is 3.47. The van der Waals surface area contributed by atoms with Crippen LogP contribution in [0.4, 0.5) is 11.4 Å². The average Bonchev–Trinajstić information content (AvgIpc) is 2.49. The molecule has 0 fully saturated rings. The van der Waals surface area contributed by atoms with Crippen LogP contribution in [0.1, 0.15) is 15.9 Å². The zero-order valence-corrected chi connectivity index (χ0v) is 12.7. The van der Waals surface area contributed by atoms with Crippen LogP contribution >= 0.6 is 11.6 Å². The van der Waals surface area contributed by atoms with E-state index in [1.54, 1.807) is 12.1 Å². The minimum Gasteiger partial charge on any atom is -0.465 e. The number of esters is 1. The van der Waals surface area contributed by atoms with Crippen LogP contribution in [0, 0.1) is 0 Å². The van der Waals surface area contributed by atoms with Gasteiger partial charge in [0, 0.05) is 30.0 Å². The molecule has 21 heavy (non-hydrogen) atoms. The standard InChI is InChI=1S/C16H17ClN2O2/c1-19(10-11-5-3-4-6-14(11)17)12-7-8-15(18)13(9-12)16(20)21-2/h3-9H,10,18H2,1-2H3. The largest absolute Gasteiger partial charge is 0.465 e. The van der Waals surface area contributed by atoms with Crippen LogP contribution in [-0.4, -0.2) is 20.1 Å². The monoisotopic (exact) mass is 304 g/mol. The normalized spacial score (nSPS) is 10.2. The van der Waals surface area contributed by atoms with Crippen molar-refractivity contribution in [2.45, 2.75) is 6.54 Å². The Kier molecular flexibility index (Phi) is 4.70. The van der Waals surface area contributed by atoms with Crippen LogP contribution in [0.15, 0.2) is 42.5 Å². The number of rotatable bonds is 4. The summed E-state index contributed by atoms with van der Waals surface area (Å²) >= 11 is 6.16. The lowest BCUT2D eigenvalue weighted by Crippen LogP contribution is -2.17. The van der Waals surface area contributed by atoms with Crippen LogP contribution in [0.3, 0.4) is 0 Å². The molecule has 2 N–H and O–H groups in total. The van der Waals surface area contributed by atoms with Crippen molar-refractivity contribution >= 4 is 28.9 Å². The second-order valence-electron chi connectivity index (χ2n) is 4.71. The van der Waals surface area contributed by atoms with Gasteiger partial charge in [-0.15, -0.1) is 0 Å². The van der Waals surface area contributed by atoms with Gasteiger partial charge in [0.1, 0.15) is 0 Å². The number of nitrogen functional groups attached to an aromatic ring is 1. The molecule has 5 heteroatoms. The number of hydrogen-bond donors (Lipinski definition) is 1. The molecule has 0 heterocycles. The van der Waals surface area contributed by atoms with E-state index in [2.05, 4.69) is 0 Å². The van der Waals surface area contributed by atoms with Crippen molar-refractivity contribution in [3.63, 3.8) is 0 Å². The predicted octanol–water partition coefficient (Wildman–Crippen LogP) is 3.35. The van der Waals surface area contributed by atoms with E-state index in [0.29, 0.717) is 22.8 Å². The highest BCUT2D eigenvalue weighted by molar-refractivity contribution is 6.31. The lowest BCUT2D eigenvalue weighted by Gasteiger charge is -2.21. The lowest BCUT2D eigenvalue weighted by atomic mass is 10.1. The van der Waals surface area contributed by atoms with Crippen molar-refractivity contribution < 1.29 is 9.53 Å². The van der Waals surface area contributed by atoms with E-state index in [1.807, 2.05) is 42.3 Å². The number of benzene rings is 2. The molecule has 110 valence electrons. The smallest absolute Gasteiger partial charge is 0.340 e. The fourth-order valence-electron chi connectivity index (χ4n) is 2.04. The summed E-state index contributed by atoms with van der Waals surface area (Å²) in [5, 5.41) is 0.716. The highest BCUT2D eigenvalue weighted by Crippen LogP contribution is 2.24. The summed E-state index contributed by atoms with van der Waals surface area (Å²) in [6.45, 7) is 0.629. The Labute approximate surface area is 129 Å². The Bertz CT molecular complexity index is 658. The second-order valence-corrected chi connectivity index (χ2v) is 5.12. The number of halogens is 1. The number of hydrogen-bond acceptors (Lipinski definition) is 4. The molecule has 0 aliphatic rings. The topological polar surface area (TPSA) is 55.6 Å². The predicted molar refractivity (Wildman–Crippen MR) is 85.8 cm³/mol. The molecule has 0 radical (unpaired) electrons. The van der Waals surface area contributed by atoms with Gasteiger partial charge in [-0.2, -0.15) is 0 Å². The summed E-state index contributed by atoms with van der Waals surface area (Å²) in [5.74, 6) is -0.444. The summed E-state index contributed by atoms with van der Waals surface area (Å²) in [7, 11) is 3.26. The molecule has 0 amide bonds. The zero-order chi connectivity index (χ0) is 15.4. The first-order valence-corrected chi connectivity index (χ1v) is 6.83. The van der Waals surface area contributed by atoms with Gasteiger partial charge in [0.15, 0.2) is 0 Å². The fraction of sp³-hybridized carbons (Fsp3) is 0.188. The average molecular weight is 305 g/mol. The lowest BCUT2D eigenvalue weighted by molar-refractivity contribution is 0.0602. The summed E-state index contributed by atoms with van der Waals surface area (Å²) in [6.07, 6.45) is 0. The second kappa shape index (κ2) is 6.50. The van der Waals surface area contributed by atoms with Gasteiger partial charge in [-0.1, -0.05) is 29.8 Å². The Balaban J connectivity index is 2.25. The highest BCUT2D eigenvalue weighted by atomic mass is 35.5. The van der Waals surface area contributed by atoms with Gasteiger partial charge in [0.2, 0.25) is 0 Å². The van der Waals surface area contributed by atoms with E-state index in [4.69, 9.17) is 22.1 Å². The van der Waals surface area contributed by atoms with Gasteiger partial charge in [-0.3, -0.25) is 0 Å². The SMILES string of the molecule is COC(=O)c1cc(N(C)Cc2ccccc2Cl)ccc1N. The molecule has 0 spiro atoms. The number of carbonyl (C=O) groups excluding carboxylic acids is 1. The Hall–Kier alpha value is -2.20. The van der Waals surface area contributed by atoms with Gasteiger partial charge in [0.05, 0.1) is 12.7 Å². The molecular formula is C16H17ClN2O2. The molecule has 0 unspecified atom stereocenters. The van der Waals surface area contributed by atoms with Gasteiger partial charge >= 0.3 is 5.97 Å². The van der Waals surface area contributed by atoms with Crippen molar-refractivity contribution in [3.05, 3.63) is 58.6 Å². The maximum Gasteiger partial charge on any atom is 0.340 e. The van der Waals surface area contributed by atoms with Gasteiger partial charge in [0.25, 0.3) is 0 Å². The molecule has 0 atom stereocenters. The third-order valence-corrected chi connectivity index (χ3v) is 3.62. The fourth-order valence-corrected chi connectivity index (χ4v) is 2.24. The quantitative estimate of drug-likeness (QED) is 0.695. The number of nitrogens with zero attached hydrogens (tertiary/aromatic N) is 1. The van der Waals surface area contributed by atoms with Gasteiger partial charge in [-0.05, 0) is 29.8 Å². The molecule has 2 aromatic rings. The van der Waals surface area contributed by atoms with Crippen molar-refractivity contribution in [2.75, 3.05) is 24.8 Å². The molecular weight excluding hydrogens is 288 g/mol. The Morgan fingerprint density at radius 1 is 1.29 bits per heavy atom. The number of carbonyl (C=O) groups is 1. The minimum absolute atomic E-state index is 0.362. The van der Waals surface area contributed by atoms with Gasteiger partial charge in [-0.25, -0.2) is 4.79 Å². The molecule has 0 saturated carbocycles. The molecule has 0 bridgehead atoms. The third-order valence-electron chi connectivity index (χ3n) is 3.25. The van der Waals surface area contributed by atoms with E-state index in [9.17, 15) is 4.79 Å². The molecule has 4 nitrogen and oxygen atoms in total. The van der Waals surface area contributed by atoms with Crippen molar-refractivity contribution in [3.8, 4) is 0 Å². The Morgan fingerprint density at radius 3 is 2.67 bits per heavy atom. The first-order chi connectivity index (χ1) is 10.0. The van der Waals surface area contributed by atoms with Crippen LogP contribution in [-0.2, 0) is 11.3 Å². The van der Waals surface area contributed by atoms with Crippen LogP contribution in [0.2, 0.25) is 5.02 Å². The van der Waals surface area contributed by atoms with Crippen LogP contribution in [0.5, 0.6) is 0 Å². The summed E-state index contributed by atoms with van der Waals surface area (Å²) < 4.78 is 4.73. The summed E-state index contributed by atoms with van der Waals surface area (Å²) in [6, 6.07) is 12.9. The van der Waals surface area contributed by atoms with E-state index in [1.165, 1.54) is 7.11 Å². The van der Waals surface area contributed by atoms with Gasteiger partial charge < -0.3 is 15.4 Å². The summed E-state index contributed by atoms with van der Waals surface area (Å²) in [5.41, 5.74) is 8.44. The van der Waals surface area contributed by atoms with Crippen molar-refractivity contribution in [1.29, 1.82) is 0 Å². The van der Waals surface area contributed by atoms with Crippen molar-refractivity contribution in [2.24, 2.45) is 0 Å². The molecule has 0 aliphatic carbocycles. The highest BCUT2D eigenvalue weighted by Gasteiger charge is 2.13. The summed E-state index contributed by atoms with van der Waals surface area (Å²) in [4.78, 5) is 13.7. The van der Waals surface area contributed by atoms with Crippen molar-refractivity contribution in [1.82, 2.24) is 0 Å². The van der Waals surface area contributed by atoms with E-state index in [-0.39, 0.29) is 0 Å². The first-order valence-electron chi connectivity index (χ1n) is 6.45. The van der Waals surface area contributed by atoms with E-state index >= 15 is 0 Å². The molecule has 0 aromatic heterocycles. The minimum atomic E-state index is -0.444. The first kappa shape index (κ1) is 15.2. The van der Waals surface area contributed by atoms with Crippen LogP contribution < -0.4 is 10.6 Å². The zero-order valence-electron chi connectivity index (χ0n) is 12.0. The van der Waals surface area contributed by atoms with E-state index in [0.717, 1.165) is 11.3 Å².